The van der Waals surface area contributed by atoms with Crippen molar-refractivity contribution in [2.24, 2.45) is 0 Å². The van der Waals surface area contributed by atoms with Crippen molar-refractivity contribution in [2.75, 3.05) is 13.7 Å². The third-order valence-corrected chi connectivity index (χ3v) is 2.52. The second kappa shape index (κ2) is 8.08. The zero-order chi connectivity index (χ0) is 17.7. The maximum Gasteiger partial charge on any atom is 0.410 e. The number of carbonyl (C=O) groups is 3. The molecule has 1 N–H and O–H groups in total. The number of likely N-dealkylation sites (N-methyl/N-ethyl adjacent to an activating group) is 1. The SMILES string of the molecule is CN(C(=O)OC(C)(C)C)[C@H](CC(=O)OCC(Cl)(Cl)Cl)C(=O)O. The number of alkyl halides is 3. The molecule has 1 atom stereocenters. The highest BCUT2D eigenvalue weighted by Crippen LogP contribution is 2.26. The molecule has 0 aromatic rings. The smallest absolute Gasteiger partial charge is 0.410 e. The van der Waals surface area contributed by atoms with Gasteiger partial charge in [0.25, 0.3) is 0 Å². The molecule has 0 aromatic heterocycles. The first kappa shape index (κ1) is 21.1. The van der Waals surface area contributed by atoms with Crippen LogP contribution in [0.2, 0.25) is 0 Å². The van der Waals surface area contributed by atoms with Gasteiger partial charge in [-0.25, -0.2) is 9.59 Å². The largest absolute Gasteiger partial charge is 0.480 e. The summed E-state index contributed by atoms with van der Waals surface area (Å²) < 4.78 is 7.88. The lowest BCUT2D eigenvalue weighted by atomic mass is 10.2. The van der Waals surface area contributed by atoms with Crippen LogP contribution in [0.25, 0.3) is 0 Å². The lowest BCUT2D eigenvalue weighted by Crippen LogP contribution is -2.46. The number of carboxylic acid groups (broad SMARTS) is 1. The molecule has 0 aliphatic heterocycles. The molecule has 0 spiro atoms. The number of halogens is 3. The van der Waals surface area contributed by atoms with E-state index in [1.54, 1.807) is 20.8 Å². The van der Waals surface area contributed by atoms with E-state index in [1.165, 1.54) is 7.05 Å². The Kier molecular flexibility index (Phi) is 7.74. The molecule has 0 heterocycles. The van der Waals surface area contributed by atoms with Gasteiger partial charge in [-0.05, 0) is 20.8 Å². The van der Waals surface area contributed by atoms with E-state index in [0.717, 1.165) is 4.90 Å². The van der Waals surface area contributed by atoms with Crippen molar-refractivity contribution < 1.29 is 29.0 Å². The lowest BCUT2D eigenvalue weighted by molar-refractivity contribution is -0.152. The normalized spacial score (nSPS) is 13.2. The number of ether oxygens (including phenoxy) is 2. The number of hydrogen-bond acceptors (Lipinski definition) is 5. The first-order valence-corrected chi connectivity index (χ1v) is 7.27. The number of esters is 1. The number of amides is 1. The molecule has 10 heteroatoms. The predicted molar refractivity (Wildman–Crippen MR) is 81.3 cm³/mol. The van der Waals surface area contributed by atoms with Gasteiger partial charge in [0, 0.05) is 7.05 Å². The van der Waals surface area contributed by atoms with E-state index in [9.17, 15) is 14.4 Å². The maximum absolute atomic E-state index is 11.8. The Morgan fingerprint density at radius 2 is 1.68 bits per heavy atom. The fourth-order valence-electron chi connectivity index (χ4n) is 1.23. The molecule has 0 unspecified atom stereocenters. The molecule has 128 valence electrons. The summed E-state index contributed by atoms with van der Waals surface area (Å²) in [4.78, 5) is 35.4. The summed E-state index contributed by atoms with van der Waals surface area (Å²) in [6.07, 6.45) is -1.49. The Labute approximate surface area is 143 Å². The van der Waals surface area contributed by atoms with Gasteiger partial charge in [-0.15, -0.1) is 0 Å². The average molecular weight is 379 g/mol. The number of carbonyl (C=O) groups excluding carboxylic acids is 2. The molecule has 0 fully saturated rings. The quantitative estimate of drug-likeness (QED) is 0.584. The number of aliphatic carboxylic acids is 1. The van der Waals surface area contributed by atoms with Crippen LogP contribution in [0.1, 0.15) is 27.2 Å². The summed E-state index contributed by atoms with van der Waals surface area (Å²) in [6, 6.07) is -1.46. The van der Waals surface area contributed by atoms with E-state index < -0.39 is 46.5 Å². The van der Waals surface area contributed by atoms with Crippen LogP contribution in [0.3, 0.4) is 0 Å². The standard InChI is InChI=1S/C12H18Cl3NO6/c1-11(2,3)22-10(20)16(4)7(9(18)19)5-8(17)21-6-12(13,14)15/h7H,5-6H2,1-4H3,(H,18,19)/t7-/m1/s1. The molecule has 0 aliphatic carbocycles. The van der Waals surface area contributed by atoms with Crippen molar-refractivity contribution >= 4 is 52.8 Å². The van der Waals surface area contributed by atoms with E-state index in [1.807, 2.05) is 0 Å². The molecule has 22 heavy (non-hydrogen) atoms. The fraction of sp³-hybridized carbons (Fsp3) is 0.750. The van der Waals surface area contributed by atoms with E-state index in [2.05, 4.69) is 4.74 Å². The first-order chi connectivity index (χ1) is 9.73. The van der Waals surface area contributed by atoms with Gasteiger partial charge in [-0.3, -0.25) is 9.69 Å². The van der Waals surface area contributed by atoms with E-state index >= 15 is 0 Å². The van der Waals surface area contributed by atoms with Crippen molar-refractivity contribution in [2.45, 2.75) is 42.6 Å². The van der Waals surface area contributed by atoms with Gasteiger partial charge in [0.2, 0.25) is 3.79 Å². The summed E-state index contributed by atoms with van der Waals surface area (Å²) in [5.41, 5.74) is -0.801. The van der Waals surface area contributed by atoms with Gasteiger partial charge < -0.3 is 14.6 Å². The molecule has 7 nitrogen and oxygen atoms in total. The Balaban J connectivity index is 4.76. The molecule has 0 saturated heterocycles. The minimum atomic E-state index is -1.80. The molecule has 0 rings (SSSR count). The lowest BCUT2D eigenvalue weighted by Gasteiger charge is -2.28. The van der Waals surface area contributed by atoms with Crippen LogP contribution in [0.5, 0.6) is 0 Å². The van der Waals surface area contributed by atoms with E-state index in [4.69, 9.17) is 44.6 Å². The molecule has 0 saturated carbocycles. The number of hydrogen-bond donors (Lipinski definition) is 1. The summed E-state index contributed by atoms with van der Waals surface area (Å²) in [6.45, 7) is 4.36. The van der Waals surface area contributed by atoms with Crippen molar-refractivity contribution in [3.05, 3.63) is 0 Å². The average Bonchev–Trinajstić information content (AvgIpc) is 2.29. The maximum atomic E-state index is 11.8. The number of carboxylic acids is 1. The molecule has 1 amide bonds. The highest BCUT2D eigenvalue weighted by atomic mass is 35.6. The van der Waals surface area contributed by atoms with E-state index in [-0.39, 0.29) is 0 Å². The van der Waals surface area contributed by atoms with Crippen molar-refractivity contribution in [1.29, 1.82) is 0 Å². The van der Waals surface area contributed by atoms with Crippen LogP contribution in [0.4, 0.5) is 4.79 Å². The minimum Gasteiger partial charge on any atom is -0.480 e. The van der Waals surface area contributed by atoms with Gasteiger partial charge >= 0.3 is 18.0 Å². The third-order valence-electron chi connectivity index (χ3n) is 2.19. The van der Waals surface area contributed by atoms with Crippen LogP contribution >= 0.6 is 34.8 Å². The zero-order valence-corrected chi connectivity index (χ0v) is 14.8. The first-order valence-electron chi connectivity index (χ1n) is 6.14. The van der Waals surface area contributed by atoms with Crippen LogP contribution in [-0.4, -0.2) is 57.1 Å². The van der Waals surface area contributed by atoms with Gasteiger partial charge in [-0.1, -0.05) is 34.8 Å². The Hall–Kier alpha value is -0.920. The number of nitrogens with zero attached hydrogens (tertiary/aromatic N) is 1. The summed E-state index contributed by atoms with van der Waals surface area (Å²) >= 11 is 16.2. The van der Waals surface area contributed by atoms with Crippen LogP contribution < -0.4 is 0 Å². The molecular formula is C12H18Cl3NO6. The third kappa shape index (κ3) is 9.17. The fourth-order valence-corrected chi connectivity index (χ4v) is 1.39. The highest BCUT2D eigenvalue weighted by molar-refractivity contribution is 6.67. The van der Waals surface area contributed by atoms with Crippen molar-refractivity contribution in [3.63, 3.8) is 0 Å². The number of rotatable bonds is 5. The minimum absolute atomic E-state index is 0.529. The van der Waals surface area contributed by atoms with Crippen LogP contribution in [0, 0.1) is 0 Å². The summed E-state index contributed by atoms with van der Waals surface area (Å²) in [7, 11) is 1.20. The van der Waals surface area contributed by atoms with Crippen LogP contribution in [0.15, 0.2) is 0 Å². The monoisotopic (exact) mass is 377 g/mol. The second-order valence-electron chi connectivity index (χ2n) is 5.43. The van der Waals surface area contributed by atoms with Gasteiger partial charge in [0.15, 0.2) is 0 Å². The summed E-state index contributed by atoms with van der Waals surface area (Å²) in [5, 5.41) is 9.13. The Morgan fingerprint density at radius 3 is 2.05 bits per heavy atom. The molecular weight excluding hydrogens is 360 g/mol. The Morgan fingerprint density at radius 1 is 1.18 bits per heavy atom. The Bertz CT molecular complexity index is 430. The topological polar surface area (TPSA) is 93.1 Å². The van der Waals surface area contributed by atoms with Crippen molar-refractivity contribution in [3.8, 4) is 0 Å². The second-order valence-corrected chi connectivity index (χ2v) is 7.94. The molecule has 0 bridgehead atoms. The molecule has 0 aromatic carbocycles. The van der Waals surface area contributed by atoms with Gasteiger partial charge in [0.05, 0.1) is 6.42 Å². The van der Waals surface area contributed by atoms with Crippen molar-refractivity contribution in [1.82, 2.24) is 4.90 Å². The van der Waals surface area contributed by atoms with E-state index in [0.29, 0.717) is 0 Å². The predicted octanol–water partition coefficient (Wildman–Crippen LogP) is 2.61. The highest BCUT2D eigenvalue weighted by Gasteiger charge is 2.33. The van der Waals surface area contributed by atoms with Gasteiger partial charge in [-0.2, -0.15) is 0 Å². The van der Waals surface area contributed by atoms with Crippen LogP contribution in [-0.2, 0) is 19.1 Å². The molecule has 0 aliphatic rings. The van der Waals surface area contributed by atoms with Gasteiger partial charge in [0.1, 0.15) is 18.2 Å². The zero-order valence-electron chi connectivity index (χ0n) is 12.6. The summed E-state index contributed by atoms with van der Waals surface area (Å²) in [5.74, 6) is -2.31. The molecule has 0 radical (unpaired) electrons.